The Kier molecular flexibility index (Phi) is 18.3. The minimum Gasteiger partial charge on any atom is -0.0654 e. The van der Waals surface area contributed by atoms with Crippen LogP contribution in [-0.4, -0.2) is 0 Å². The van der Waals surface area contributed by atoms with Crippen molar-refractivity contribution in [3.63, 3.8) is 0 Å². The summed E-state index contributed by atoms with van der Waals surface area (Å²) in [6, 6.07) is 0. The Labute approximate surface area is 149 Å². The van der Waals surface area contributed by atoms with E-state index in [0.717, 1.165) is 11.8 Å². The van der Waals surface area contributed by atoms with Gasteiger partial charge in [-0.2, -0.15) is 0 Å². The van der Waals surface area contributed by atoms with Gasteiger partial charge in [0.15, 0.2) is 0 Å². The summed E-state index contributed by atoms with van der Waals surface area (Å²) in [6.45, 7) is 9.46. The zero-order chi connectivity index (χ0) is 17.2. The molecule has 0 bridgehead atoms. The second kappa shape index (κ2) is 18.3. The Bertz CT molecular complexity index is 208. The highest BCUT2D eigenvalue weighted by atomic mass is 14.1. The number of hydrogen-bond acceptors (Lipinski definition) is 0. The molecule has 0 aromatic heterocycles. The van der Waals surface area contributed by atoms with Gasteiger partial charge in [0.25, 0.3) is 0 Å². The molecule has 0 spiro atoms. The van der Waals surface area contributed by atoms with Crippen LogP contribution >= 0.6 is 0 Å². The van der Waals surface area contributed by atoms with Gasteiger partial charge in [-0.25, -0.2) is 0 Å². The first-order valence-electron chi connectivity index (χ1n) is 11.2. The van der Waals surface area contributed by atoms with E-state index >= 15 is 0 Å². The first-order valence-corrected chi connectivity index (χ1v) is 11.2. The third-order valence-electron chi connectivity index (χ3n) is 5.64. The summed E-state index contributed by atoms with van der Waals surface area (Å²) in [5.41, 5.74) is 0. The smallest absolute Gasteiger partial charge is 0.0443 e. The standard InChI is InChI=1S/C23H48/c1-5-7-19-23(4)21-18-16-14-12-10-8-9-11-13-15-17-20-22(3)6-2/h22-23H,5-21H2,1-4H3. The lowest BCUT2D eigenvalue weighted by Crippen LogP contribution is -1.94. The van der Waals surface area contributed by atoms with Crippen LogP contribution in [0.5, 0.6) is 0 Å². The number of rotatable bonds is 18. The summed E-state index contributed by atoms with van der Waals surface area (Å²) in [6.07, 6.45) is 24.8. The molecule has 2 atom stereocenters. The van der Waals surface area contributed by atoms with Crippen LogP contribution in [0.3, 0.4) is 0 Å². The van der Waals surface area contributed by atoms with Crippen LogP contribution in [0.4, 0.5) is 0 Å². The third kappa shape index (κ3) is 18.2. The minimum absolute atomic E-state index is 0.949. The summed E-state index contributed by atoms with van der Waals surface area (Å²) in [7, 11) is 0. The van der Waals surface area contributed by atoms with Gasteiger partial charge in [-0.05, 0) is 11.8 Å². The molecule has 0 heteroatoms. The zero-order valence-corrected chi connectivity index (χ0v) is 17.2. The van der Waals surface area contributed by atoms with E-state index in [9.17, 15) is 0 Å². The average molecular weight is 325 g/mol. The lowest BCUT2D eigenvalue weighted by atomic mass is 9.97. The maximum Gasteiger partial charge on any atom is -0.0443 e. The van der Waals surface area contributed by atoms with E-state index in [0.29, 0.717) is 0 Å². The Morgan fingerprint density at radius 2 is 0.783 bits per heavy atom. The van der Waals surface area contributed by atoms with Crippen molar-refractivity contribution in [1.29, 1.82) is 0 Å². The lowest BCUT2D eigenvalue weighted by molar-refractivity contribution is 0.440. The molecule has 0 heterocycles. The molecule has 0 saturated heterocycles. The lowest BCUT2D eigenvalue weighted by Gasteiger charge is -2.10. The Hall–Kier alpha value is 0. The summed E-state index contributed by atoms with van der Waals surface area (Å²) in [5.74, 6) is 1.92. The fraction of sp³-hybridized carbons (Fsp3) is 1.00. The predicted molar refractivity (Wildman–Crippen MR) is 108 cm³/mol. The normalized spacial score (nSPS) is 14.1. The second-order valence-corrected chi connectivity index (χ2v) is 8.23. The van der Waals surface area contributed by atoms with Crippen molar-refractivity contribution in [3.8, 4) is 0 Å². The summed E-state index contributed by atoms with van der Waals surface area (Å²) < 4.78 is 0. The molecule has 0 aliphatic heterocycles. The average Bonchev–Trinajstić information content (AvgIpc) is 2.56. The van der Waals surface area contributed by atoms with E-state index in [4.69, 9.17) is 0 Å². The summed E-state index contributed by atoms with van der Waals surface area (Å²) in [5, 5.41) is 0. The molecule has 2 unspecified atom stereocenters. The first kappa shape index (κ1) is 23.0. The highest BCUT2D eigenvalue weighted by molar-refractivity contribution is 4.55. The van der Waals surface area contributed by atoms with Crippen molar-refractivity contribution < 1.29 is 0 Å². The van der Waals surface area contributed by atoms with Crippen molar-refractivity contribution in [1.82, 2.24) is 0 Å². The van der Waals surface area contributed by atoms with Crippen LogP contribution in [0.15, 0.2) is 0 Å². The molecule has 0 fully saturated rings. The number of hydrogen-bond donors (Lipinski definition) is 0. The van der Waals surface area contributed by atoms with Gasteiger partial charge < -0.3 is 0 Å². The molecule has 0 saturated carbocycles. The Balaban J connectivity index is 3.08. The molecule has 23 heavy (non-hydrogen) atoms. The van der Waals surface area contributed by atoms with Crippen molar-refractivity contribution in [3.05, 3.63) is 0 Å². The van der Waals surface area contributed by atoms with E-state index in [-0.39, 0.29) is 0 Å². The monoisotopic (exact) mass is 324 g/mol. The predicted octanol–water partition coefficient (Wildman–Crippen LogP) is 8.93. The van der Waals surface area contributed by atoms with E-state index in [2.05, 4.69) is 27.7 Å². The molecule has 140 valence electrons. The molecule has 0 aromatic rings. The van der Waals surface area contributed by atoms with Gasteiger partial charge in [-0.15, -0.1) is 0 Å². The molecule has 0 amide bonds. The van der Waals surface area contributed by atoms with Crippen molar-refractivity contribution in [2.45, 2.75) is 137 Å². The highest BCUT2D eigenvalue weighted by Gasteiger charge is 2.01. The molecule has 0 aromatic carbocycles. The molecule has 0 aliphatic carbocycles. The fourth-order valence-corrected chi connectivity index (χ4v) is 3.48. The second-order valence-electron chi connectivity index (χ2n) is 8.23. The van der Waals surface area contributed by atoms with Crippen LogP contribution in [0, 0.1) is 11.8 Å². The number of unbranched alkanes of at least 4 members (excludes halogenated alkanes) is 11. The SMILES string of the molecule is CCCCC(C)CCCCCCCCCCCCCC(C)CC. The molecule has 0 nitrogen and oxygen atoms in total. The summed E-state index contributed by atoms with van der Waals surface area (Å²) in [4.78, 5) is 0. The molecule has 0 N–H and O–H groups in total. The zero-order valence-electron chi connectivity index (χ0n) is 17.2. The maximum atomic E-state index is 2.44. The van der Waals surface area contributed by atoms with Gasteiger partial charge in [0.05, 0.1) is 0 Å². The van der Waals surface area contributed by atoms with Gasteiger partial charge in [0.1, 0.15) is 0 Å². The Morgan fingerprint density at radius 1 is 0.435 bits per heavy atom. The molecular weight excluding hydrogens is 276 g/mol. The third-order valence-corrected chi connectivity index (χ3v) is 5.64. The van der Waals surface area contributed by atoms with Gasteiger partial charge in [0.2, 0.25) is 0 Å². The quantitative estimate of drug-likeness (QED) is 0.221. The fourth-order valence-electron chi connectivity index (χ4n) is 3.48. The van der Waals surface area contributed by atoms with Crippen molar-refractivity contribution in [2.24, 2.45) is 11.8 Å². The van der Waals surface area contributed by atoms with Gasteiger partial charge in [0, 0.05) is 0 Å². The van der Waals surface area contributed by atoms with Crippen molar-refractivity contribution in [2.75, 3.05) is 0 Å². The van der Waals surface area contributed by atoms with Crippen LogP contribution in [0.25, 0.3) is 0 Å². The highest BCUT2D eigenvalue weighted by Crippen LogP contribution is 2.18. The van der Waals surface area contributed by atoms with E-state index in [1.807, 2.05) is 0 Å². The maximum absolute atomic E-state index is 2.44. The van der Waals surface area contributed by atoms with Crippen LogP contribution < -0.4 is 0 Å². The van der Waals surface area contributed by atoms with E-state index in [1.54, 1.807) is 0 Å². The van der Waals surface area contributed by atoms with Gasteiger partial charge >= 0.3 is 0 Å². The molecule has 0 radical (unpaired) electrons. The van der Waals surface area contributed by atoms with E-state index in [1.165, 1.54) is 109 Å². The minimum atomic E-state index is 0.949. The topological polar surface area (TPSA) is 0 Å². The van der Waals surface area contributed by atoms with Crippen molar-refractivity contribution >= 4 is 0 Å². The van der Waals surface area contributed by atoms with Crippen LogP contribution in [0.2, 0.25) is 0 Å². The molecule has 0 rings (SSSR count). The largest absolute Gasteiger partial charge is 0.0654 e. The van der Waals surface area contributed by atoms with Crippen LogP contribution in [-0.2, 0) is 0 Å². The van der Waals surface area contributed by atoms with Gasteiger partial charge in [-0.1, -0.05) is 137 Å². The van der Waals surface area contributed by atoms with Gasteiger partial charge in [-0.3, -0.25) is 0 Å². The molecule has 0 aliphatic rings. The summed E-state index contributed by atoms with van der Waals surface area (Å²) >= 11 is 0. The first-order chi connectivity index (χ1) is 11.2. The Morgan fingerprint density at radius 3 is 1.17 bits per heavy atom. The van der Waals surface area contributed by atoms with Crippen LogP contribution in [0.1, 0.15) is 137 Å². The van der Waals surface area contributed by atoms with E-state index < -0.39 is 0 Å². The molecular formula is C23H48.